The highest BCUT2D eigenvalue weighted by atomic mass is 31.2. The maximum Gasteiger partial charge on any atom is 0.472 e. The van der Waals surface area contributed by atoms with E-state index in [1.165, 1.54) is 44.7 Å². The molecule has 15 heterocycles. The average Bonchev–Trinajstić information content (AvgIpc) is 1.68. The molecule has 0 bridgehead atoms. The molecule has 122 heavy (non-hydrogen) atoms. The molecular weight excluding hydrogens is 1750 g/mol. The third-order valence-electron chi connectivity index (χ3n) is 20.2. The Morgan fingerprint density at radius 2 is 0.803 bits per heavy atom. The number of rotatable bonds is 32. The Balaban J connectivity index is 0.638. The molecule has 7 saturated heterocycles. The van der Waals surface area contributed by atoms with Crippen molar-refractivity contribution < 1.29 is 151 Å². The number of urea groups is 1. The summed E-state index contributed by atoms with van der Waals surface area (Å²) in [6.45, 7) is -5.41. The number of nitrogen functional groups attached to an aromatic ring is 5. The number of carbonyl (C=O) groups is 2. The second kappa shape index (κ2) is 34.2. The SMILES string of the molecule is C[C@]1(O)C(=O)NC(=O)N([C@H]2C[C@H](OP(=O)(O)OC[C@H]3O[C@@H](n4cnc5c(N)ncnc54)C[C@@H]3OP(=O)(O)OC[C@H]3O[C@@H](n4cnc5c(=O)[nH]c(N)nc54)C[C@@H]3OP(=O)(O)OC[C@H]3O[C@@H](n4ccc(N)nc4=O)C[C@@H]3O)[C@@H](COP(=O)(O)O[C@H]3C[C@H](n4ccc(N)nc4=O)O[C@@H]3COP(=O)(O)O[C@H]3C[C@H](n4cnc5c(=O)[nH]c(N)nc54)O[C@@H]3CO)O2)[C@H]1O. The molecule has 64 heteroatoms. The van der Waals surface area contributed by atoms with Crippen LogP contribution in [-0.2, 0) is 101 Å². The molecule has 25 atom stereocenters. The minimum atomic E-state index is -5.77. The van der Waals surface area contributed by atoms with Crippen molar-refractivity contribution in [2.24, 2.45) is 0 Å². The molecule has 0 aliphatic carbocycles. The first kappa shape index (κ1) is 88.0. The van der Waals surface area contributed by atoms with Gasteiger partial charge in [0.05, 0.1) is 64.7 Å². The van der Waals surface area contributed by atoms with Gasteiger partial charge in [-0.15, -0.1) is 0 Å². The number of ether oxygens (including phenoxy) is 6. The zero-order valence-electron chi connectivity index (χ0n) is 62.5. The van der Waals surface area contributed by atoms with Gasteiger partial charge in [-0.2, -0.15) is 19.9 Å². The van der Waals surface area contributed by atoms with Crippen LogP contribution in [0.5, 0.6) is 0 Å². The van der Waals surface area contributed by atoms with E-state index in [9.17, 15) is 96.5 Å². The van der Waals surface area contributed by atoms with Crippen LogP contribution in [0, 0.1) is 0 Å². The lowest BCUT2D eigenvalue weighted by molar-refractivity contribution is -0.193. The number of imidazole rings is 3. The predicted octanol–water partition coefficient (Wildman–Crippen LogP) is -4.44. The number of aromatic nitrogens is 16. The number of anilines is 5. The van der Waals surface area contributed by atoms with Crippen LogP contribution in [0.15, 0.2) is 69.0 Å². The van der Waals surface area contributed by atoms with Gasteiger partial charge in [0.15, 0.2) is 45.6 Å². The molecule has 7 aliphatic heterocycles. The number of aliphatic hydroxyl groups is 4. The fourth-order valence-electron chi connectivity index (χ4n) is 14.3. The fourth-order valence-corrected chi connectivity index (χ4v) is 19.1. The third-order valence-corrected chi connectivity index (χ3v) is 25.2. The van der Waals surface area contributed by atoms with Gasteiger partial charge in [-0.25, -0.2) is 62.1 Å². The summed E-state index contributed by atoms with van der Waals surface area (Å²) in [5.74, 6) is -2.50. The second-order valence-electron chi connectivity index (χ2n) is 28.4. The number of H-pyrrole nitrogens is 2. The molecule has 3 amide bonds. The Labute approximate surface area is 678 Å². The van der Waals surface area contributed by atoms with Gasteiger partial charge in [-0.05, 0) is 19.1 Å². The van der Waals surface area contributed by atoms with E-state index < -0.39 is 261 Å². The zero-order valence-corrected chi connectivity index (χ0v) is 66.9. The van der Waals surface area contributed by atoms with Crippen LogP contribution in [0.2, 0.25) is 0 Å². The first-order chi connectivity index (χ1) is 57.6. The highest BCUT2D eigenvalue weighted by molar-refractivity contribution is 7.48. The maximum absolute atomic E-state index is 14.5. The van der Waals surface area contributed by atoms with Crippen molar-refractivity contribution in [1.29, 1.82) is 0 Å². The van der Waals surface area contributed by atoms with Gasteiger partial charge < -0.3 is 102 Å². The van der Waals surface area contributed by atoms with Gasteiger partial charge in [0.1, 0.15) is 128 Å². The highest BCUT2D eigenvalue weighted by Gasteiger charge is 2.57. The van der Waals surface area contributed by atoms with E-state index >= 15 is 0 Å². The molecule has 0 spiro atoms. The molecule has 15 rings (SSSR count). The van der Waals surface area contributed by atoms with Crippen molar-refractivity contribution in [2.45, 2.75) is 168 Å². The van der Waals surface area contributed by atoms with Crippen LogP contribution in [0.4, 0.5) is 34.1 Å². The summed E-state index contributed by atoms with van der Waals surface area (Å²) >= 11 is 0. The Hall–Kier alpha value is -8.90. The van der Waals surface area contributed by atoms with E-state index in [0.717, 1.165) is 34.9 Å². The second-order valence-corrected chi connectivity index (χ2v) is 35.4. The summed E-state index contributed by atoms with van der Waals surface area (Å²) in [6, 6.07) is 1.05. The van der Waals surface area contributed by atoms with Crippen LogP contribution >= 0.6 is 39.1 Å². The molecule has 8 aromatic heterocycles. The summed E-state index contributed by atoms with van der Waals surface area (Å²) in [7, 11) is -27.8. The van der Waals surface area contributed by atoms with Gasteiger partial charge in [-0.1, -0.05) is 0 Å². The van der Waals surface area contributed by atoms with Crippen molar-refractivity contribution in [3.8, 4) is 0 Å². The molecule has 59 nitrogen and oxygen atoms in total. The van der Waals surface area contributed by atoms with Crippen LogP contribution in [0.1, 0.15) is 76.6 Å². The number of nitrogens with zero attached hydrogens (tertiary/aromatic N) is 15. The highest BCUT2D eigenvalue weighted by Crippen LogP contribution is 2.57. The van der Waals surface area contributed by atoms with Gasteiger partial charge >= 0.3 is 56.5 Å². The van der Waals surface area contributed by atoms with Gasteiger partial charge in [0.2, 0.25) is 11.9 Å². The molecule has 664 valence electrons. The van der Waals surface area contributed by atoms with Crippen molar-refractivity contribution >= 4 is 114 Å². The lowest BCUT2D eigenvalue weighted by atomic mass is 10.00. The number of phosphoric ester groups is 5. The molecule has 5 unspecified atom stereocenters. The lowest BCUT2D eigenvalue weighted by Gasteiger charge is -2.42. The summed E-state index contributed by atoms with van der Waals surface area (Å²) in [4.78, 5) is 175. The lowest BCUT2D eigenvalue weighted by Crippen LogP contribution is -2.70. The molecule has 0 saturated carbocycles. The molecule has 7 fully saturated rings. The number of phosphoric acid groups is 5. The van der Waals surface area contributed by atoms with E-state index in [1.54, 1.807) is 0 Å². The Morgan fingerprint density at radius 3 is 1.21 bits per heavy atom. The first-order valence-corrected chi connectivity index (χ1v) is 43.7. The number of aromatic amines is 2. The monoisotopic (exact) mass is 1830 g/mol. The first-order valence-electron chi connectivity index (χ1n) is 36.2. The van der Waals surface area contributed by atoms with Crippen LogP contribution in [0.25, 0.3) is 33.5 Å². The average molecular weight is 1830 g/mol. The molecular formula is C58H76N23O36P5. The number of aliphatic hydroxyl groups excluding tert-OH is 3. The number of carbonyl (C=O) groups excluding carboxylic acids is 2. The fraction of sp³-hybridized carbons (Fsp3) is 0.569. The van der Waals surface area contributed by atoms with Gasteiger partial charge in [0.25, 0.3) is 17.0 Å². The Kier molecular flexibility index (Phi) is 24.7. The standard InChI is InChI=1S/C58H76N23O36P5/c1-58(91)51(86)75-57(90)81(52(58)87)41-11-27(33(112-41)17-106-121(98,99)114-24-8-37(77-5-3-35(60)70-56(77)89)109-30(24)14-103-119(94,95)113-23-7-39(107-28(23)12-82)79-20-67-43-47(79)71-53(62)73-49(43)84)117-122(100,101)105-15-31-25(9-38(110-31)78-19-66-42-45(61)64-18-65-46(42)78)116-120(96,97)104-16-32-26(10-40(111-32)80-21-68-44-48(80)72-54(63)74-50(44)85)115-118(92,93)102-13-29-22(83)6-36(108-29)76-4-2-34(59)69-55(76)88/h2-5,18-33,36-41,52,82-83,87,91H,6-17H2,1H3,(H,92,93)(H,94,95)(H,96,97)(H,98,99)(H,100,101)(H2,59,69,88)(H2,60,70,89)(H2,61,64,65)(H,75,86,90)(H3,62,71,73,84)(H3,63,72,74,85)/t22-,23-,24-,25-,26-,27-,28+,29+,30+,31+,32+,33+,36+,37+,38+,39+,40+,41+,52-,58-/m0/s1. The smallest absolute Gasteiger partial charge is 0.394 e. The van der Waals surface area contributed by atoms with Crippen LogP contribution in [0.3, 0.4) is 0 Å². The molecule has 22 N–H and O–H groups in total. The number of hydrogen-bond donors (Lipinski definition) is 17. The van der Waals surface area contributed by atoms with Crippen molar-refractivity contribution in [3.63, 3.8) is 0 Å². The molecule has 0 aromatic carbocycles. The number of hydrogen-bond acceptors (Lipinski definition) is 45. The number of fused-ring (bicyclic) bond motifs is 3. The largest absolute Gasteiger partial charge is 0.472 e. The van der Waals surface area contributed by atoms with Crippen molar-refractivity contribution in [3.05, 3.63) is 91.5 Å². The molecule has 8 aromatic rings. The molecule has 7 aliphatic rings. The van der Waals surface area contributed by atoms with Crippen molar-refractivity contribution in [1.82, 2.24) is 87.9 Å². The summed E-state index contributed by atoms with van der Waals surface area (Å²) in [5, 5.41) is 45.2. The topological polar surface area (TPSA) is 835 Å². The van der Waals surface area contributed by atoms with Crippen LogP contribution in [-0.4, -0.2) is 270 Å². The Bertz CT molecular complexity index is 5820. The molecule has 0 radical (unpaired) electrons. The third kappa shape index (κ3) is 18.9. The number of nitrogens with two attached hydrogens (primary N) is 5. The van der Waals surface area contributed by atoms with E-state index in [0.29, 0.717) is 4.90 Å². The van der Waals surface area contributed by atoms with E-state index in [4.69, 9.17) is 102 Å². The van der Waals surface area contributed by atoms with Gasteiger partial charge in [-0.3, -0.25) is 103 Å². The number of amides is 3. The summed E-state index contributed by atoms with van der Waals surface area (Å²) < 4.78 is 167. The normalized spacial score (nSPS) is 32.0. The van der Waals surface area contributed by atoms with E-state index in [-0.39, 0.29) is 75.7 Å². The zero-order chi connectivity index (χ0) is 87.2. The quantitative estimate of drug-likeness (QED) is 0.0177. The number of imide groups is 1. The van der Waals surface area contributed by atoms with E-state index in [2.05, 4.69) is 54.8 Å². The van der Waals surface area contributed by atoms with Crippen molar-refractivity contribution in [2.75, 3.05) is 68.3 Å². The summed E-state index contributed by atoms with van der Waals surface area (Å²) in [5.41, 5.74) is 22.3. The summed E-state index contributed by atoms with van der Waals surface area (Å²) in [6.07, 6.45) is -26.9. The van der Waals surface area contributed by atoms with E-state index in [1.807, 2.05) is 5.32 Å². The predicted molar refractivity (Wildman–Crippen MR) is 395 cm³/mol. The minimum absolute atomic E-state index is 0.0163. The van der Waals surface area contributed by atoms with Crippen LogP contribution < -0.4 is 56.5 Å². The van der Waals surface area contributed by atoms with Gasteiger partial charge in [0, 0.05) is 50.9 Å². The number of nitrogens with one attached hydrogen (secondary N) is 3. The minimum Gasteiger partial charge on any atom is -0.394 e. The maximum atomic E-state index is 14.5. The Morgan fingerprint density at radius 1 is 0.459 bits per heavy atom.